The van der Waals surface area contributed by atoms with Gasteiger partial charge in [-0.15, -0.1) is 0 Å². The van der Waals surface area contributed by atoms with E-state index in [-0.39, 0.29) is 6.61 Å². The molecule has 0 amide bonds. The van der Waals surface area contributed by atoms with Gasteiger partial charge in [0, 0.05) is 44.4 Å². The topological polar surface area (TPSA) is 35.9 Å². The first-order valence-corrected chi connectivity index (χ1v) is 10.7. The fourth-order valence-corrected chi connectivity index (χ4v) is 4.10. The van der Waals surface area contributed by atoms with Gasteiger partial charge in [0.1, 0.15) is 5.75 Å². The van der Waals surface area contributed by atoms with Crippen molar-refractivity contribution < 1.29 is 9.84 Å². The van der Waals surface area contributed by atoms with Gasteiger partial charge >= 0.3 is 0 Å². The Labute approximate surface area is 175 Å². The minimum absolute atomic E-state index is 0.255. The molecule has 1 aliphatic rings. The summed E-state index contributed by atoms with van der Waals surface area (Å²) in [5.74, 6) is 0.908. The van der Waals surface area contributed by atoms with E-state index >= 15 is 0 Å². The molecule has 0 aromatic heterocycles. The molecule has 1 saturated heterocycles. The third kappa shape index (κ3) is 6.70. The number of ether oxygens (including phenoxy) is 1. The summed E-state index contributed by atoms with van der Waals surface area (Å²) in [7, 11) is 1.71. The van der Waals surface area contributed by atoms with Gasteiger partial charge in [-0.2, -0.15) is 0 Å². The summed E-state index contributed by atoms with van der Waals surface area (Å²) in [6.45, 7) is 5.45. The molecule has 2 aromatic carbocycles. The molecule has 2 aromatic rings. The first kappa shape index (κ1) is 21.6. The zero-order valence-corrected chi connectivity index (χ0v) is 17.5. The predicted octanol–water partition coefficient (Wildman–Crippen LogP) is 3.71. The molecule has 4 nitrogen and oxygen atoms in total. The van der Waals surface area contributed by atoms with Gasteiger partial charge in [-0.25, -0.2) is 0 Å². The lowest BCUT2D eigenvalue weighted by molar-refractivity contribution is 0.0646. The monoisotopic (exact) mass is 394 g/mol. The predicted molar refractivity (Wildman–Crippen MR) is 120 cm³/mol. The number of aliphatic hydroxyl groups excluding tert-OH is 1. The Hall–Kier alpha value is -2.14. The minimum atomic E-state index is 0.255. The van der Waals surface area contributed by atoms with Crippen LogP contribution in [0.15, 0.2) is 60.7 Å². The molecule has 1 N–H and O–H groups in total. The maximum Gasteiger partial charge on any atom is 0.126 e. The average molecular weight is 395 g/mol. The number of aliphatic hydroxyl groups is 1. The fourth-order valence-electron chi connectivity index (χ4n) is 4.10. The van der Waals surface area contributed by atoms with Gasteiger partial charge < -0.3 is 9.84 Å². The summed E-state index contributed by atoms with van der Waals surface area (Å²) in [6, 6.07) is 19.2. The van der Waals surface area contributed by atoms with E-state index in [0.29, 0.717) is 6.04 Å². The van der Waals surface area contributed by atoms with Gasteiger partial charge in [-0.05, 0) is 37.4 Å². The maximum atomic E-state index is 9.54. The van der Waals surface area contributed by atoms with Crippen molar-refractivity contribution in [1.29, 1.82) is 0 Å². The van der Waals surface area contributed by atoms with Gasteiger partial charge in [0.05, 0.1) is 7.11 Å². The molecule has 1 unspecified atom stereocenters. The molecule has 4 heteroatoms. The van der Waals surface area contributed by atoms with Gasteiger partial charge in [0.2, 0.25) is 0 Å². The number of rotatable bonds is 10. The summed E-state index contributed by atoms with van der Waals surface area (Å²) < 4.78 is 5.42. The van der Waals surface area contributed by atoms with Crippen LogP contribution in [-0.4, -0.2) is 67.4 Å². The first-order chi connectivity index (χ1) is 14.3. The smallest absolute Gasteiger partial charge is 0.126 e. The highest BCUT2D eigenvalue weighted by Crippen LogP contribution is 2.19. The van der Waals surface area contributed by atoms with Crippen LogP contribution in [0.3, 0.4) is 0 Å². The van der Waals surface area contributed by atoms with E-state index in [9.17, 15) is 5.11 Å². The largest absolute Gasteiger partial charge is 0.496 e. The SMILES string of the molecule is COc1ccccc1/C=C/CN1CCN(CCCc2ccccc2)C(CCO)C1. The van der Waals surface area contributed by atoms with Crippen molar-refractivity contribution in [2.24, 2.45) is 0 Å². The standard InChI is InChI=1S/C25H34N2O2/c1-29-25-14-6-5-12-23(25)13-8-16-26-18-19-27(24(21-26)15-20-28)17-7-11-22-9-3-2-4-10-22/h2-6,8-10,12-14,24,28H,7,11,15-21H2,1H3/b13-8+. The van der Waals surface area contributed by atoms with Crippen LogP contribution in [0.4, 0.5) is 0 Å². The highest BCUT2D eigenvalue weighted by Gasteiger charge is 2.25. The van der Waals surface area contributed by atoms with Crippen LogP contribution < -0.4 is 4.74 Å². The Bertz CT molecular complexity index is 747. The third-order valence-corrected chi connectivity index (χ3v) is 5.70. The number of aryl methyl sites for hydroxylation is 1. The van der Waals surface area contributed by atoms with E-state index in [1.807, 2.05) is 18.2 Å². The number of methoxy groups -OCH3 is 1. The highest BCUT2D eigenvalue weighted by atomic mass is 16.5. The molecule has 0 bridgehead atoms. The van der Waals surface area contributed by atoms with E-state index in [1.54, 1.807) is 7.11 Å². The molecule has 1 atom stereocenters. The van der Waals surface area contributed by atoms with Crippen molar-refractivity contribution in [2.45, 2.75) is 25.3 Å². The number of nitrogens with zero attached hydrogens (tertiary/aromatic N) is 2. The number of hydrogen-bond acceptors (Lipinski definition) is 4. The van der Waals surface area contributed by atoms with Crippen LogP contribution in [0.25, 0.3) is 6.08 Å². The second-order valence-corrected chi connectivity index (χ2v) is 7.70. The average Bonchev–Trinajstić information content (AvgIpc) is 2.76. The molecular weight excluding hydrogens is 360 g/mol. The van der Waals surface area contributed by atoms with Crippen LogP contribution in [0, 0.1) is 0 Å². The molecule has 3 rings (SSSR count). The van der Waals surface area contributed by atoms with Crippen LogP contribution >= 0.6 is 0 Å². The van der Waals surface area contributed by atoms with Crippen molar-refractivity contribution in [3.8, 4) is 5.75 Å². The second kappa shape index (κ2) is 11.8. The summed E-state index contributed by atoms with van der Waals surface area (Å²) in [5, 5.41) is 9.54. The summed E-state index contributed by atoms with van der Waals surface area (Å²) >= 11 is 0. The van der Waals surface area contributed by atoms with Crippen LogP contribution in [0.5, 0.6) is 5.75 Å². The van der Waals surface area contributed by atoms with E-state index in [1.165, 1.54) is 12.0 Å². The zero-order valence-electron chi connectivity index (χ0n) is 17.5. The van der Waals surface area contributed by atoms with Crippen molar-refractivity contribution in [3.05, 3.63) is 71.8 Å². The minimum Gasteiger partial charge on any atom is -0.496 e. The molecule has 0 saturated carbocycles. The Balaban J connectivity index is 1.48. The molecule has 1 aliphatic heterocycles. The Morgan fingerprint density at radius 2 is 1.86 bits per heavy atom. The molecule has 0 aliphatic carbocycles. The van der Waals surface area contributed by atoms with E-state index in [4.69, 9.17) is 4.74 Å². The van der Waals surface area contributed by atoms with E-state index in [2.05, 4.69) is 58.4 Å². The number of para-hydroxylation sites is 1. The number of piperazine rings is 1. The summed E-state index contributed by atoms with van der Waals surface area (Å²) in [6.07, 6.45) is 7.50. The highest BCUT2D eigenvalue weighted by molar-refractivity contribution is 5.57. The Kier molecular flexibility index (Phi) is 8.75. The molecule has 29 heavy (non-hydrogen) atoms. The van der Waals surface area contributed by atoms with Gasteiger partial charge in [0.25, 0.3) is 0 Å². The van der Waals surface area contributed by atoms with Crippen molar-refractivity contribution >= 4 is 6.08 Å². The lowest BCUT2D eigenvalue weighted by Gasteiger charge is -2.41. The van der Waals surface area contributed by atoms with Crippen molar-refractivity contribution in [3.63, 3.8) is 0 Å². The molecule has 0 radical (unpaired) electrons. The Morgan fingerprint density at radius 3 is 2.66 bits per heavy atom. The molecular formula is C25H34N2O2. The number of hydrogen-bond donors (Lipinski definition) is 1. The molecule has 1 heterocycles. The lowest BCUT2D eigenvalue weighted by Crippen LogP contribution is -2.53. The van der Waals surface area contributed by atoms with E-state index < -0.39 is 0 Å². The number of benzene rings is 2. The summed E-state index contributed by atoms with van der Waals surface area (Å²) in [5.41, 5.74) is 2.52. The van der Waals surface area contributed by atoms with Crippen LogP contribution in [0.1, 0.15) is 24.0 Å². The zero-order chi connectivity index (χ0) is 20.3. The van der Waals surface area contributed by atoms with Gasteiger partial charge in [0.15, 0.2) is 0 Å². The van der Waals surface area contributed by atoms with Crippen molar-refractivity contribution in [2.75, 3.05) is 46.4 Å². The van der Waals surface area contributed by atoms with Gasteiger partial charge in [-0.3, -0.25) is 9.80 Å². The normalized spacial score (nSPS) is 18.3. The second-order valence-electron chi connectivity index (χ2n) is 7.70. The molecule has 156 valence electrons. The van der Waals surface area contributed by atoms with Crippen molar-refractivity contribution in [1.82, 2.24) is 9.80 Å². The fraction of sp³-hybridized carbons (Fsp3) is 0.440. The van der Waals surface area contributed by atoms with Crippen LogP contribution in [0.2, 0.25) is 0 Å². The molecule has 1 fully saturated rings. The van der Waals surface area contributed by atoms with Gasteiger partial charge in [-0.1, -0.05) is 60.7 Å². The van der Waals surface area contributed by atoms with Crippen LogP contribution in [-0.2, 0) is 6.42 Å². The first-order valence-electron chi connectivity index (χ1n) is 10.7. The third-order valence-electron chi connectivity index (χ3n) is 5.70. The molecule has 0 spiro atoms. The Morgan fingerprint density at radius 1 is 1.07 bits per heavy atom. The quantitative estimate of drug-likeness (QED) is 0.666. The maximum absolute atomic E-state index is 9.54. The lowest BCUT2D eigenvalue weighted by atomic mass is 10.1. The van der Waals surface area contributed by atoms with E-state index in [0.717, 1.165) is 56.9 Å². The summed E-state index contributed by atoms with van der Waals surface area (Å²) in [4.78, 5) is 5.06.